The van der Waals surface area contributed by atoms with Crippen molar-refractivity contribution in [2.45, 2.75) is 46.0 Å². The first-order valence-corrected chi connectivity index (χ1v) is 7.25. The van der Waals surface area contributed by atoms with E-state index in [-0.39, 0.29) is 5.41 Å². The molecule has 2 aromatic rings. The van der Waals surface area contributed by atoms with Gasteiger partial charge in [0.2, 0.25) is 0 Å². The fraction of sp³-hybridized carbons (Fsp3) is 0.368. The van der Waals surface area contributed by atoms with Crippen LogP contribution in [0.2, 0.25) is 0 Å². The molecule has 0 fully saturated rings. The van der Waals surface area contributed by atoms with Gasteiger partial charge in [-0.15, -0.1) is 0 Å². The van der Waals surface area contributed by atoms with Gasteiger partial charge in [0.25, 0.3) is 0 Å². The molecule has 0 heterocycles. The molecule has 1 nitrogen and oxygen atoms in total. The zero-order valence-electron chi connectivity index (χ0n) is 13.2. The first-order chi connectivity index (χ1) is 9.29. The minimum absolute atomic E-state index is 0.199. The van der Waals surface area contributed by atoms with Crippen LogP contribution in [0.5, 0.6) is 0 Å². The second kappa shape index (κ2) is 5.32. The van der Waals surface area contributed by atoms with Gasteiger partial charge in [-0.2, -0.15) is 0 Å². The number of nitrogens with two attached hydrogens (primary N) is 1. The summed E-state index contributed by atoms with van der Waals surface area (Å²) in [7, 11) is 0. The molecular weight excluding hydrogens is 242 g/mol. The van der Waals surface area contributed by atoms with Crippen LogP contribution in [0.3, 0.4) is 0 Å². The second-order valence-electron chi connectivity index (χ2n) is 6.73. The van der Waals surface area contributed by atoms with Crippen LogP contribution in [0.25, 0.3) is 0 Å². The number of hydrogen-bond acceptors (Lipinski definition) is 1. The lowest BCUT2D eigenvalue weighted by Crippen LogP contribution is -2.11. The van der Waals surface area contributed by atoms with Gasteiger partial charge in [0.05, 0.1) is 0 Å². The van der Waals surface area contributed by atoms with Crippen molar-refractivity contribution in [1.29, 1.82) is 0 Å². The normalized spacial score (nSPS) is 13.2. The molecule has 0 radical (unpaired) electrons. The van der Waals surface area contributed by atoms with Crippen molar-refractivity contribution < 1.29 is 0 Å². The predicted octanol–water partition coefficient (Wildman–Crippen LogP) is 5.03. The van der Waals surface area contributed by atoms with Crippen LogP contribution >= 0.6 is 0 Å². The third-order valence-corrected chi connectivity index (χ3v) is 3.99. The van der Waals surface area contributed by atoms with E-state index < -0.39 is 0 Å². The molecule has 2 rings (SSSR count). The molecule has 0 saturated carbocycles. The van der Waals surface area contributed by atoms with Crippen molar-refractivity contribution in [1.82, 2.24) is 0 Å². The Kier molecular flexibility index (Phi) is 3.89. The molecule has 2 aromatic carbocycles. The van der Waals surface area contributed by atoms with Crippen LogP contribution in [0.4, 0.5) is 5.69 Å². The van der Waals surface area contributed by atoms with Crippen molar-refractivity contribution >= 4 is 5.69 Å². The molecule has 0 aromatic heterocycles. The molecule has 0 spiro atoms. The van der Waals surface area contributed by atoms with E-state index in [9.17, 15) is 0 Å². The highest BCUT2D eigenvalue weighted by Gasteiger charge is 2.15. The Balaban J connectivity index is 2.34. The number of nitrogen functional groups attached to an aromatic ring is 1. The van der Waals surface area contributed by atoms with Gasteiger partial charge in [-0.1, -0.05) is 69.7 Å². The van der Waals surface area contributed by atoms with E-state index in [2.05, 4.69) is 71.0 Å². The average molecular weight is 267 g/mol. The lowest BCUT2D eigenvalue weighted by molar-refractivity contribution is 0.590. The summed E-state index contributed by atoms with van der Waals surface area (Å²) < 4.78 is 0. The largest absolute Gasteiger partial charge is 0.398 e. The Morgan fingerprint density at radius 2 is 1.55 bits per heavy atom. The molecule has 0 aliphatic carbocycles. The van der Waals surface area contributed by atoms with Gasteiger partial charge in [0.1, 0.15) is 0 Å². The molecule has 0 aliphatic rings. The predicted molar refractivity (Wildman–Crippen MR) is 88.3 cm³/mol. The van der Waals surface area contributed by atoms with Crippen molar-refractivity contribution in [3.63, 3.8) is 0 Å². The summed E-state index contributed by atoms with van der Waals surface area (Å²) in [6.07, 6.45) is 0. The number of hydrogen-bond donors (Lipinski definition) is 1. The molecule has 1 atom stereocenters. The van der Waals surface area contributed by atoms with Crippen molar-refractivity contribution in [3.05, 3.63) is 64.7 Å². The Labute approximate surface area is 122 Å². The van der Waals surface area contributed by atoms with Gasteiger partial charge < -0.3 is 5.73 Å². The monoisotopic (exact) mass is 267 g/mol. The van der Waals surface area contributed by atoms with Crippen molar-refractivity contribution in [2.75, 3.05) is 5.73 Å². The minimum atomic E-state index is 0.199. The highest BCUT2D eigenvalue weighted by Crippen LogP contribution is 2.31. The molecular formula is C19H25N. The Bertz CT molecular complexity index is 588. The van der Waals surface area contributed by atoms with Crippen LogP contribution in [0.1, 0.15) is 55.9 Å². The highest BCUT2D eigenvalue weighted by atomic mass is 14.6. The Morgan fingerprint density at radius 1 is 0.950 bits per heavy atom. The summed E-state index contributed by atoms with van der Waals surface area (Å²) in [4.78, 5) is 0. The van der Waals surface area contributed by atoms with Crippen LogP contribution in [0.15, 0.2) is 42.5 Å². The van der Waals surface area contributed by atoms with E-state index in [0.717, 1.165) is 5.69 Å². The Morgan fingerprint density at radius 3 is 2.10 bits per heavy atom. The molecule has 0 unspecified atom stereocenters. The summed E-state index contributed by atoms with van der Waals surface area (Å²) in [6.45, 7) is 11.0. The molecule has 2 N–H and O–H groups in total. The Hall–Kier alpha value is -1.76. The minimum Gasteiger partial charge on any atom is -0.398 e. The van der Waals surface area contributed by atoms with Crippen molar-refractivity contribution in [2.24, 2.45) is 0 Å². The van der Waals surface area contributed by atoms with E-state index in [1.807, 2.05) is 6.07 Å². The van der Waals surface area contributed by atoms with E-state index in [4.69, 9.17) is 5.73 Å². The number of anilines is 1. The zero-order valence-corrected chi connectivity index (χ0v) is 13.2. The van der Waals surface area contributed by atoms with Gasteiger partial charge in [0.15, 0.2) is 0 Å². The fourth-order valence-corrected chi connectivity index (χ4v) is 2.52. The second-order valence-corrected chi connectivity index (χ2v) is 6.73. The van der Waals surface area contributed by atoms with Crippen LogP contribution in [0, 0.1) is 6.92 Å². The quantitative estimate of drug-likeness (QED) is 0.759. The number of benzene rings is 2. The lowest BCUT2D eigenvalue weighted by atomic mass is 9.84. The van der Waals surface area contributed by atoms with Crippen LogP contribution in [-0.2, 0) is 5.41 Å². The molecule has 1 heteroatoms. The van der Waals surface area contributed by atoms with E-state index in [1.54, 1.807) is 0 Å². The third-order valence-electron chi connectivity index (χ3n) is 3.99. The number of rotatable bonds is 2. The maximum Gasteiger partial charge on any atom is 0.0352 e. The molecule has 0 saturated heterocycles. The van der Waals surface area contributed by atoms with Gasteiger partial charge in [0, 0.05) is 11.6 Å². The topological polar surface area (TPSA) is 26.0 Å². The third kappa shape index (κ3) is 3.04. The SMILES string of the molecule is Cc1ccc(N)c([C@H](C)c2ccc(C(C)(C)C)cc2)c1. The van der Waals surface area contributed by atoms with E-state index in [0.29, 0.717) is 5.92 Å². The summed E-state index contributed by atoms with van der Waals surface area (Å²) in [5, 5.41) is 0. The standard InChI is InChI=1S/C19H25N/c1-13-6-11-18(20)17(12-13)14(2)15-7-9-16(10-8-15)19(3,4)5/h6-12,14H,20H2,1-5H3/t14-/m1/s1. The average Bonchev–Trinajstić information content (AvgIpc) is 2.40. The first-order valence-electron chi connectivity index (χ1n) is 7.25. The van der Waals surface area contributed by atoms with E-state index in [1.165, 1.54) is 22.3 Å². The van der Waals surface area contributed by atoms with Gasteiger partial charge in [-0.3, -0.25) is 0 Å². The maximum absolute atomic E-state index is 6.13. The van der Waals surface area contributed by atoms with Gasteiger partial charge >= 0.3 is 0 Å². The van der Waals surface area contributed by atoms with Gasteiger partial charge in [-0.25, -0.2) is 0 Å². The van der Waals surface area contributed by atoms with Crippen LogP contribution < -0.4 is 5.73 Å². The molecule has 0 bridgehead atoms. The summed E-state index contributed by atoms with van der Waals surface area (Å²) in [5.41, 5.74) is 12.4. The maximum atomic E-state index is 6.13. The summed E-state index contributed by atoms with van der Waals surface area (Å²) in [6, 6.07) is 15.2. The van der Waals surface area contributed by atoms with Gasteiger partial charge in [-0.05, 0) is 35.1 Å². The zero-order chi connectivity index (χ0) is 14.9. The highest BCUT2D eigenvalue weighted by molar-refractivity contribution is 5.53. The lowest BCUT2D eigenvalue weighted by Gasteiger charge is -2.21. The van der Waals surface area contributed by atoms with Crippen molar-refractivity contribution in [3.8, 4) is 0 Å². The number of aryl methyl sites for hydroxylation is 1. The summed E-state index contributed by atoms with van der Waals surface area (Å²) in [5.74, 6) is 0.323. The molecule has 106 valence electrons. The van der Waals surface area contributed by atoms with E-state index >= 15 is 0 Å². The smallest absolute Gasteiger partial charge is 0.0352 e. The molecule has 20 heavy (non-hydrogen) atoms. The summed E-state index contributed by atoms with van der Waals surface area (Å²) >= 11 is 0. The molecule has 0 aliphatic heterocycles. The molecule has 0 amide bonds. The first kappa shape index (κ1) is 14.6. The fourth-order valence-electron chi connectivity index (χ4n) is 2.52. The van der Waals surface area contributed by atoms with Crippen LogP contribution in [-0.4, -0.2) is 0 Å².